The summed E-state index contributed by atoms with van der Waals surface area (Å²) in [6, 6.07) is 2.79. The van der Waals surface area contributed by atoms with Crippen LogP contribution in [0, 0.1) is 18.8 Å². The molecule has 2 saturated carbocycles. The van der Waals surface area contributed by atoms with Gasteiger partial charge in [0, 0.05) is 12.2 Å². The van der Waals surface area contributed by atoms with E-state index >= 15 is 0 Å². The van der Waals surface area contributed by atoms with Crippen LogP contribution in [0.1, 0.15) is 31.2 Å². The van der Waals surface area contributed by atoms with Gasteiger partial charge in [0.1, 0.15) is 5.82 Å². The third-order valence-electron chi connectivity index (χ3n) is 4.04. The summed E-state index contributed by atoms with van der Waals surface area (Å²) in [6.45, 7) is 2.07. The van der Waals surface area contributed by atoms with Crippen molar-refractivity contribution < 1.29 is 0 Å². The molecule has 3 rings (SSSR count). The van der Waals surface area contributed by atoms with Gasteiger partial charge in [-0.1, -0.05) is 6.42 Å². The van der Waals surface area contributed by atoms with Crippen LogP contribution in [0.2, 0.25) is 0 Å². The summed E-state index contributed by atoms with van der Waals surface area (Å²) in [5.74, 6) is 2.88. The molecule has 1 aromatic heterocycles. The predicted molar refractivity (Wildman–Crippen MR) is 69.5 cm³/mol. The van der Waals surface area contributed by atoms with Gasteiger partial charge in [-0.2, -0.15) is 0 Å². The van der Waals surface area contributed by atoms with Gasteiger partial charge in [-0.25, -0.2) is 4.98 Å². The Bertz CT molecular complexity index is 405. The number of hydrogen-bond acceptors (Lipinski definition) is 2. The number of aromatic nitrogens is 1. The van der Waals surface area contributed by atoms with Crippen LogP contribution in [0.15, 0.2) is 16.7 Å². The van der Waals surface area contributed by atoms with Crippen molar-refractivity contribution in [2.45, 2.75) is 38.6 Å². The zero-order valence-corrected chi connectivity index (χ0v) is 11.1. The van der Waals surface area contributed by atoms with Crippen molar-refractivity contribution in [1.29, 1.82) is 0 Å². The van der Waals surface area contributed by atoms with Crippen LogP contribution < -0.4 is 5.32 Å². The zero-order valence-electron chi connectivity index (χ0n) is 9.54. The maximum Gasteiger partial charge on any atom is 0.140 e. The van der Waals surface area contributed by atoms with E-state index in [0.717, 1.165) is 22.1 Å². The number of anilines is 1. The fourth-order valence-electron chi connectivity index (χ4n) is 3.24. The van der Waals surface area contributed by atoms with Gasteiger partial charge in [-0.15, -0.1) is 0 Å². The molecule has 0 saturated heterocycles. The average molecular weight is 281 g/mol. The SMILES string of the molecule is Cc1cnc(NC2CC3CCC2C3)c(Br)c1. The zero-order chi connectivity index (χ0) is 11.1. The molecule has 0 aliphatic heterocycles. The number of hydrogen-bond donors (Lipinski definition) is 1. The third kappa shape index (κ3) is 1.86. The molecule has 0 amide bonds. The third-order valence-corrected chi connectivity index (χ3v) is 4.64. The molecule has 1 aromatic rings. The standard InChI is InChI=1S/C13H17BrN2/c1-8-4-11(14)13(15-7-8)16-12-6-9-2-3-10(12)5-9/h4,7,9-10,12H,2-3,5-6H2,1H3,(H,15,16). The van der Waals surface area contributed by atoms with Gasteiger partial charge in [0.05, 0.1) is 4.47 Å². The molecule has 3 atom stereocenters. The molecule has 3 heteroatoms. The summed E-state index contributed by atoms with van der Waals surface area (Å²) < 4.78 is 1.09. The summed E-state index contributed by atoms with van der Waals surface area (Å²) in [5, 5.41) is 3.61. The van der Waals surface area contributed by atoms with Crippen molar-refractivity contribution in [2.75, 3.05) is 5.32 Å². The highest BCUT2D eigenvalue weighted by atomic mass is 79.9. The predicted octanol–water partition coefficient (Wildman–Crippen LogP) is 3.75. The Morgan fingerprint density at radius 1 is 1.38 bits per heavy atom. The Labute approximate surface area is 105 Å². The average Bonchev–Trinajstić information content (AvgIpc) is 2.84. The molecule has 16 heavy (non-hydrogen) atoms. The Balaban J connectivity index is 1.74. The number of nitrogens with zero attached hydrogens (tertiary/aromatic N) is 1. The van der Waals surface area contributed by atoms with Crippen LogP contribution in [-0.4, -0.2) is 11.0 Å². The number of nitrogens with one attached hydrogen (secondary N) is 1. The van der Waals surface area contributed by atoms with Gasteiger partial charge in [-0.3, -0.25) is 0 Å². The lowest BCUT2D eigenvalue weighted by Gasteiger charge is -2.24. The first-order chi connectivity index (χ1) is 7.72. The van der Waals surface area contributed by atoms with E-state index < -0.39 is 0 Å². The molecule has 0 radical (unpaired) electrons. The van der Waals surface area contributed by atoms with Gasteiger partial charge >= 0.3 is 0 Å². The lowest BCUT2D eigenvalue weighted by Crippen LogP contribution is -2.26. The Morgan fingerprint density at radius 3 is 2.88 bits per heavy atom. The van der Waals surface area contributed by atoms with Crippen molar-refractivity contribution in [1.82, 2.24) is 4.98 Å². The normalized spacial score (nSPS) is 32.0. The highest BCUT2D eigenvalue weighted by Crippen LogP contribution is 2.45. The minimum absolute atomic E-state index is 0.658. The number of fused-ring (bicyclic) bond motifs is 2. The second kappa shape index (κ2) is 4.02. The van der Waals surface area contributed by atoms with Crippen molar-refractivity contribution >= 4 is 21.7 Å². The van der Waals surface area contributed by atoms with Crippen LogP contribution in [-0.2, 0) is 0 Å². The highest BCUT2D eigenvalue weighted by Gasteiger charge is 2.39. The van der Waals surface area contributed by atoms with Crippen LogP contribution in [0.3, 0.4) is 0 Å². The van der Waals surface area contributed by atoms with Crippen LogP contribution in [0.4, 0.5) is 5.82 Å². The van der Waals surface area contributed by atoms with E-state index in [2.05, 4.69) is 39.2 Å². The van der Waals surface area contributed by atoms with Crippen molar-refractivity contribution in [3.63, 3.8) is 0 Å². The molecule has 86 valence electrons. The van der Waals surface area contributed by atoms with E-state index in [1.165, 1.54) is 31.2 Å². The fourth-order valence-corrected chi connectivity index (χ4v) is 3.81. The lowest BCUT2D eigenvalue weighted by molar-refractivity contribution is 0.439. The molecule has 2 aliphatic rings. The summed E-state index contributed by atoms with van der Waals surface area (Å²) in [5.41, 5.74) is 1.20. The van der Waals surface area contributed by atoms with Crippen LogP contribution in [0.25, 0.3) is 0 Å². The van der Waals surface area contributed by atoms with E-state index in [9.17, 15) is 0 Å². The maximum atomic E-state index is 4.47. The van der Waals surface area contributed by atoms with Gasteiger partial charge in [0.25, 0.3) is 0 Å². The number of aryl methyl sites for hydroxylation is 1. The molecular weight excluding hydrogens is 264 g/mol. The summed E-state index contributed by atoms with van der Waals surface area (Å²) in [6.07, 6.45) is 7.56. The molecule has 3 unspecified atom stereocenters. The molecule has 2 aliphatic carbocycles. The molecule has 1 heterocycles. The summed E-state index contributed by atoms with van der Waals surface area (Å²) in [4.78, 5) is 4.47. The number of halogens is 1. The van der Waals surface area contributed by atoms with E-state index in [1.807, 2.05) is 6.20 Å². The van der Waals surface area contributed by atoms with Gasteiger partial charge in [0.2, 0.25) is 0 Å². The molecule has 1 N–H and O–H groups in total. The summed E-state index contributed by atoms with van der Waals surface area (Å²) >= 11 is 3.58. The van der Waals surface area contributed by atoms with Crippen LogP contribution >= 0.6 is 15.9 Å². The highest BCUT2D eigenvalue weighted by molar-refractivity contribution is 9.10. The number of pyridine rings is 1. The van der Waals surface area contributed by atoms with E-state index in [-0.39, 0.29) is 0 Å². The van der Waals surface area contributed by atoms with Gasteiger partial charge in [0.15, 0.2) is 0 Å². The molecule has 2 bridgehead atoms. The maximum absolute atomic E-state index is 4.47. The lowest BCUT2D eigenvalue weighted by atomic mass is 9.95. The van der Waals surface area contributed by atoms with Crippen molar-refractivity contribution in [2.24, 2.45) is 11.8 Å². The molecule has 0 aromatic carbocycles. The van der Waals surface area contributed by atoms with E-state index in [0.29, 0.717) is 6.04 Å². The summed E-state index contributed by atoms with van der Waals surface area (Å²) in [7, 11) is 0. The first-order valence-corrected chi connectivity index (χ1v) is 6.90. The quantitative estimate of drug-likeness (QED) is 0.893. The van der Waals surface area contributed by atoms with Crippen LogP contribution in [0.5, 0.6) is 0 Å². The minimum atomic E-state index is 0.658. The second-order valence-electron chi connectivity index (χ2n) is 5.27. The molecule has 2 nitrogen and oxygen atoms in total. The largest absolute Gasteiger partial charge is 0.366 e. The topological polar surface area (TPSA) is 24.9 Å². The smallest absolute Gasteiger partial charge is 0.140 e. The Morgan fingerprint density at radius 2 is 2.25 bits per heavy atom. The molecule has 0 spiro atoms. The Kier molecular flexibility index (Phi) is 2.66. The Hall–Kier alpha value is -0.570. The van der Waals surface area contributed by atoms with Gasteiger partial charge < -0.3 is 5.32 Å². The van der Waals surface area contributed by atoms with E-state index in [1.54, 1.807) is 0 Å². The molecule has 2 fully saturated rings. The number of rotatable bonds is 2. The van der Waals surface area contributed by atoms with E-state index in [4.69, 9.17) is 0 Å². The fraction of sp³-hybridized carbons (Fsp3) is 0.615. The second-order valence-corrected chi connectivity index (χ2v) is 6.12. The van der Waals surface area contributed by atoms with Crippen molar-refractivity contribution in [3.8, 4) is 0 Å². The monoisotopic (exact) mass is 280 g/mol. The molecular formula is C13H17BrN2. The first-order valence-electron chi connectivity index (χ1n) is 6.11. The van der Waals surface area contributed by atoms with Crippen molar-refractivity contribution in [3.05, 3.63) is 22.3 Å². The first kappa shape index (κ1) is 10.6. The minimum Gasteiger partial charge on any atom is -0.366 e. The van der Waals surface area contributed by atoms with Gasteiger partial charge in [-0.05, 0) is 65.6 Å².